The summed E-state index contributed by atoms with van der Waals surface area (Å²) in [6, 6.07) is 15.4. The first-order valence-corrected chi connectivity index (χ1v) is 8.96. The molecule has 0 aliphatic carbocycles. The number of aromatic nitrogens is 2. The van der Waals surface area contributed by atoms with Crippen LogP contribution in [0.25, 0.3) is 0 Å². The highest BCUT2D eigenvalue weighted by molar-refractivity contribution is 5.96. The molecule has 1 heterocycles. The molecule has 0 radical (unpaired) electrons. The molecular weight excluding hydrogens is 359 g/mol. The van der Waals surface area contributed by atoms with Crippen LogP contribution in [0.1, 0.15) is 21.7 Å². The van der Waals surface area contributed by atoms with E-state index < -0.39 is 11.7 Å². The van der Waals surface area contributed by atoms with E-state index >= 15 is 0 Å². The van der Waals surface area contributed by atoms with E-state index in [0.717, 1.165) is 11.9 Å². The molecule has 0 saturated carbocycles. The molecule has 0 saturated heterocycles. The monoisotopic (exact) mass is 380 g/mol. The van der Waals surface area contributed by atoms with Crippen LogP contribution in [0.15, 0.2) is 67.0 Å². The van der Waals surface area contributed by atoms with Crippen molar-refractivity contribution in [3.63, 3.8) is 0 Å². The van der Waals surface area contributed by atoms with Crippen LogP contribution in [0, 0.1) is 5.82 Å². The Balaban J connectivity index is 1.42. The Morgan fingerprint density at radius 1 is 1.04 bits per heavy atom. The molecule has 3 rings (SSSR count). The normalized spacial score (nSPS) is 10.5. The van der Waals surface area contributed by atoms with Crippen LogP contribution in [0.4, 0.5) is 4.39 Å². The number of hydrogen-bond donors (Lipinski definition) is 2. The lowest BCUT2D eigenvalue weighted by Crippen LogP contribution is -2.37. The van der Waals surface area contributed by atoms with Gasteiger partial charge in [-0.05, 0) is 23.8 Å². The summed E-state index contributed by atoms with van der Waals surface area (Å²) in [6.45, 7) is 0.947. The van der Waals surface area contributed by atoms with E-state index in [1.165, 1.54) is 23.8 Å². The predicted molar refractivity (Wildman–Crippen MR) is 103 cm³/mol. The van der Waals surface area contributed by atoms with Gasteiger partial charge in [0.25, 0.3) is 5.91 Å². The Kier molecular flexibility index (Phi) is 6.51. The number of hydrogen-bond acceptors (Lipinski definition) is 3. The Bertz CT molecular complexity index is 940. The van der Waals surface area contributed by atoms with Crippen molar-refractivity contribution in [2.24, 2.45) is 0 Å². The molecule has 1 aromatic heterocycles. The summed E-state index contributed by atoms with van der Waals surface area (Å²) in [5.41, 5.74) is 1.35. The number of amides is 2. The second-order valence-electron chi connectivity index (χ2n) is 6.25. The molecule has 3 aromatic rings. The Morgan fingerprint density at radius 2 is 1.86 bits per heavy atom. The van der Waals surface area contributed by atoms with Gasteiger partial charge in [0.15, 0.2) is 0 Å². The highest BCUT2D eigenvalue weighted by atomic mass is 19.1. The van der Waals surface area contributed by atoms with Gasteiger partial charge < -0.3 is 15.2 Å². The molecular formula is C21H21FN4O2. The zero-order valence-corrected chi connectivity index (χ0v) is 15.3. The number of imidazole rings is 1. The maximum Gasteiger partial charge on any atom is 0.251 e. The van der Waals surface area contributed by atoms with E-state index in [4.69, 9.17) is 0 Å². The highest BCUT2D eigenvalue weighted by Crippen LogP contribution is 2.06. The van der Waals surface area contributed by atoms with Crippen LogP contribution in [0.5, 0.6) is 0 Å². The van der Waals surface area contributed by atoms with Crippen molar-refractivity contribution >= 4 is 11.8 Å². The molecule has 2 amide bonds. The van der Waals surface area contributed by atoms with Crippen molar-refractivity contribution in [3.8, 4) is 0 Å². The number of nitrogens with one attached hydrogen (secondary N) is 2. The minimum Gasteiger partial charge on any atom is -0.354 e. The quantitative estimate of drug-likeness (QED) is 0.629. The summed E-state index contributed by atoms with van der Waals surface area (Å²) >= 11 is 0. The van der Waals surface area contributed by atoms with Crippen molar-refractivity contribution < 1.29 is 14.0 Å². The van der Waals surface area contributed by atoms with E-state index in [0.29, 0.717) is 19.5 Å². The third-order valence-corrected chi connectivity index (χ3v) is 4.16. The zero-order chi connectivity index (χ0) is 19.8. The second-order valence-corrected chi connectivity index (χ2v) is 6.25. The molecule has 0 spiro atoms. The fraction of sp³-hybridized carbons (Fsp3) is 0.190. The molecule has 144 valence electrons. The summed E-state index contributed by atoms with van der Waals surface area (Å²) in [6.07, 6.45) is 4.21. The van der Waals surface area contributed by atoms with Crippen LogP contribution in [-0.2, 0) is 17.8 Å². The first-order chi connectivity index (χ1) is 13.6. The summed E-state index contributed by atoms with van der Waals surface area (Å²) < 4.78 is 15.2. The Labute approximate surface area is 162 Å². The van der Waals surface area contributed by atoms with Gasteiger partial charge in [-0.25, -0.2) is 9.37 Å². The van der Waals surface area contributed by atoms with Crippen molar-refractivity contribution in [1.82, 2.24) is 20.2 Å². The zero-order valence-electron chi connectivity index (χ0n) is 15.3. The van der Waals surface area contributed by atoms with Crippen molar-refractivity contribution in [2.75, 3.05) is 13.1 Å². The average Bonchev–Trinajstić information content (AvgIpc) is 3.14. The maximum absolute atomic E-state index is 13.1. The Morgan fingerprint density at radius 3 is 2.64 bits per heavy atom. The number of carbonyl (C=O) groups excluding carboxylic acids is 2. The first-order valence-electron chi connectivity index (χ1n) is 8.96. The fourth-order valence-electron chi connectivity index (χ4n) is 2.76. The van der Waals surface area contributed by atoms with Crippen LogP contribution in [-0.4, -0.2) is 34.5 Å². The standard InChI is InChI=1S/C21H21FN4O2/c22-18-8-4-7-17(13-18)21(28)25-14-20(27)24-10-9-19-23-11-12-26(19)15-16-5-2-1-3-6-16/h1-8,11-13H,9-10,14-15H2,(H,24,27)(H,25,28). The Hall–Kier alpha value is -3.48. The van der Waals surface area contributed by atoms with Crippen LogP contribution in [0.3, 0.4) is 0 Å². The molecule has 0 bridgehead atoms. The van der Waals surface area contributed by atoms with Crippen molar-refractivity contribution in [2.45, 2.75) is 13.0 Å². The third kappa shape index (κ3) is 5.51. The van der Waals surface area contributed by atoms with Crippen LogP contribution in [0.2, 0.25) is 0 Å². The molecule has 28 heavy (non-hydrogen) atoms. The van der Waals surface area contributed by atoms with Crippen molar-refractivity contribution in [3.05, 3.63) is 89.8 Å². The lowest BCUT2D eigenvalue weighted by atomic mass is 10.2. The summed E-state index contributed by atoms with van der Waals surface area (Å²) in [4.78, 5) is 28.2. The summed E-state index contributed by atoms with van der Waals surface area (Å²) in [7, 11) is 0. The van der Waals surface area contributed by atoms with Crippen LogP contribution < -0.4 is 10.6 Å². The molecule has 7 heteroatoms. The molecule has 2 aromatic carbocycles. The van der Waals surface area contributed by atoms with Gasteiger partial charge in [-0.15, -0.1) is 0 Å². The molecule has 0 atom stereocenters. The molecule has 0 aliphatic rings. The summed E-state index contributed by atoms with van der Waals surface area (Å²) in [5.74, 6) is -0.435. The van der Waals surface area contributed by atoms with Gasteiger partial charge in [-0.2, -0.15) is 0 Å². The van der Waals surface area contributed by atoms with Crippen molar-refractivity contribution in [1.29, 1.82) is 0 Å². The lowest BCUT2D eigenvalue weighted by molar-refractivity contribution is -0.120. The smallest absolute Gasteiger partial charge is 0.251 e. The molecule has 6 nitrogen and oxygen atoms in total. The van der Waals surface area contributed by atoms with E-state index in [2.05, 4.69) is 15.6 Å². The van der Waals surface area contributed by atoms with E-state index in [1.807, 2.05) is 41.1 Å². The number of rotatable bonds is 8. The molecule has 0 fully saturated rings. The molecule has 2 N–H and O–H groups in total. The highest BCUT2D eigenvalue weighted by Gasteiger charge is 2.09. The molecule has 0 unspecified atom stereocenters. The number of carbonyl (C=O) groups is 2. The fourth-order valence-corrected chi connectivity index (χ4v) is 2.76. The van der Waals surface area contributed by atoms with E-state index in [1.54, 1.807) is 6.20 Å². The number of halogens is 1. The topological polar surface area (TPSA) is 76.0 Å². The minimum absolute atomic E-state index is 0.173. The number of nitrogens with zero attached hydrogens (tertiary/aromatic N) is 2. The minimum atomic E-state index is -0.497. The maximum atomic E-state index is 13.1. The van der Waals surface area contributed by atoms with Crippen LogP contribution >= 0.6 is 0 Å². The van der Waals surface area contributed by atoms with E-state index in [-0.39, 0.29) is 18.0 Å². The van der Waals surface area contributed by atoms with Gasteiger partial charge >= 0.3 is 0 Å². The largest absolute Gasteiger partial charge is 0.354 e. The molecule has 0 aliphatic heterocycles. The van der Waals surface area contributed by atoms with Gasteiger partial charge in [-0.3, -0.25) is 9.59 Å². The van der Waals surface area contributed by atoms with E-state index in [9.17, 15) is 14.0 Å². The number of benzene rings is 2. The van der Waals surface area contributed by atoms with Gasteiger partial charge in [0.05, 0.1) is 6.54 Å². The second kappa shape index (κ2) is 9.45. The SMILES string of the molecule is O=C(CNC(=O)c1cccc(F)c1)NCCc1nccn1Cc1ccccc1. The lowest BCUT2D eigenvalue weighted by Gasteiger charge is -2.09. The average molecular weight is 380 g/mol. The van der Waals surface area contributed by atoms with Gasteiger partial charge in [0.1, 0.15) is 11.6 Å². The van der Waals surface area contributed by atoms with Gasteiger partial charge in [0.2, 0.25) is 5.91 Å². The predicted octanol–water partition coefficient (Wildman–Crippen LogP) is 2.16. The third-order valence-electron chi connectivity index (χ3n) is 4.16. The first kappa shape index (κ1) is 19.3. The van der Waals surface area contributed by atoms with Gasteiger partial charge in [-0.1, -0.05) is 36.4 Å². The van der Waals surface area contributed by atoms with Gasteiger partial charge in [0, 0.05) is 37.5 Å². The summed E-state index contributed by atoms with van der Waals surface area (Å²) in [5, 5.41) is 5.22.